The van der Waals surface area contributed by atoms with Crippen LogP contribution >= 0.6 is 0 Å². The third-order valence-corrected chi connectivity index (χ3v) is 7.47. The van der Waals surface area contributed by atoms with E-state index in [0.717, 1.165) is 72.3 Å². The van der Waals surface area contributed by atoms with Crippen LogP contribution in [0.2, 0.25) is 0 Å². The summed E-state index contributed by atoms with van der Waals surface area (Å²) in [4.78, 5) is 10.3. The van der Waals surface area contributed by atoms with Crippen molar-refractivity contribution in [3.05, 3.63) is 115 Å². The van der Waals surface area contributed by atoms with Gasteiger partial charge in [-0.3, -0.25) is 8.80 Å². The summed E-state index contributed by atoms with van der Waals surface area (Å²) < 4.78 is 12.9. The zero-order valence-electron chi connectivity index (χ0n) is 20.1. The fraction of sp³-hybridized carbons (Fsp3) is 0. The zero-order chi connectivity index (χ0) is 24.8. The average Bonchev–Trinajstić information content (AvgIpc) is 3.62. The van der Waals surface area contributed by atoms with Gasteiger partial charge >= 0.3 is 0 Å². The maximum absolute atomic E-state index is 6.29. The molecule has 0 unspecified atom stereocenters. The first-order valence-corrected chi connectivity index (χ1v) is 12.6. The maximum atomic E-state index is 6.29. The van der Waals surface area contributed by atoms with Crippen LogP contribution in [0.1, 0.15) is 0 Å². The lowest BCUT2D eigenvalue weighted by Crippen LogP contribution is -2.01. The van der Waals surface area contributed by atoms with Crippen molar-refractivity contribution in [1.82, 2.24) is 23.3 Å². The van der Waals surface area contributed by atoms with Gasteiger partial charge in [0.05, 0.1) is 38.8 Å². The van der Waals surface area contributed by atoms with Gasteiger partial charge in [-0.1, -0.05) is 54.6 Å². The second-order valence-electron chi connectivity index (χ2n) is 9.57. The quantitative estimate of drug-likeness (QED) is 0.237. The predicted molar refractivity (Wildman–Crippen MR) is 152 cm³/mol. The van der Waals surface area contributed by atoms with Crippen molar-refractivity contribution < 1.29 is 4.42 Å². The molecule has 0 aliphatic carbocycles. The van der Waals surface area contributed by atoms with Crippen LogP contribution in [0.5, 0.6) is 0 Å². The Morgan fingerprint density at radius 2 is 1.00 bits per heavy atom. The van der Waals surface area contributed by atoms with Crippen molar-refractivity contribution in [2.75, 3.05) is 0 Å². The Bertz CT molecular complexity index is 2310. The molecule has 9 aromatic rings. The highest BCUT2D eigenvalue weighted by Crippen LogP contribution is 2.33. The molecule has 0 saturated heterocycles. The highest BCUT2D eigenvalue weighted by Gasteiger charge is 2.19. The van der Waals surface area contributed by atoms with Crippen molar-refractivity contribution in [1.29, 1.82) is 0 Å². The number of rotatable bonds is 1. The second kappa shape index (κ2) is 7.11. The van der Waals surface area contributed by atoms with E-state index in [9.17, 15) is 0 Å². The van der Waals surface area contributed by atoms with Crippen molar-refractivity contribution in [3.8, 4) is 5.69 Å². The molecule has 38 heavy (non-hydrogen) atoms. The van der Waals surface area contributed by atoms with Gasteiger partial charge in [-0.15, -0.1) is 0 Å². The van der Waals surface area contributed by atoms with Crippen LogP contribution in [0.15, 0.2) is 120 Å². The van der Waals surface area contributed by atoms with E-state index in [-0.39, 0.29) is 0 Å². The summed E-state index contributed by atoms with van der Waals surface area (Å²) in [5, 5.41) is 2.20. The number of imidazole rings is 2. The highest BCUT2D eigenvalue weighted by molar-refractivity contribution is 6.05. The third-order valence-electron chi connectivity index (χ3n) is 7.47. The van der Waals surface area contributed by atoms with Gasteiger partial charge in [0, 0.05) is 16.8 Å². The van der Waals surface area contributed by atoms with Crippen molar-refractivity contribution in [2.24, 2.45) is 0 Å². The Morgan fingerprint density at radius 3 is 1.66 bits per heavy atom. The van der Waals surface area contributed by atoms with Gasteiger partial charge in [0.2, 0.25) is 11.6 Å². The number of aromatic nitrogens is 5. The summed E-state index contributed by atoms with van der Waals surface area (Å²) in [6.45, 7) is 0. The normalized spacial score (nSPS) is 12.2. The average molecular weight is 490 g/mol. The first kappa shape index (κ1) is 19.8. The first-order chi connectivity index (χ1) is 18.8. The zero-order valence-corrected chi connectivity index (χ0v) is 20.1. The molecule has 0 aliphatic rings. The lowest BCUT2D eigenvalue weighted by molar-refractivity contribution is 0.668. The van der Waals surface area contributed by atoms with Crippen LogP contribution in [0.4, 0.5) is 0 Å². The van der Waals surface area contributed by atoms with Gasteiger partial charge < -0.3 is 4.42 Å². The van der Waals surface area contributed by atoms with Crippen LogP contribution in [0.3, 0.4) is 0 Å². The summed E-state index contributed by atoms with van der Waals surface area (Å²) in [5.41, 5.74) is 8.67. The summed E-state index contributed by atoms with van der Waals surface area (Å²) in [6.07, 6.45) is 0. The second-order valence-corrected chi connectivity index (χ2v) is 9.57. The van der Waals surface area contributed by atoms with E-state index in [1.54, 1.807) is 0 Å². The first-order valence-electron chi connectivity index (χ1n) is 12.6. The topological polar surface area (TPSA) is 52.7 Å². The number of furan rings is 1. The summed E-state index contributed by atoms with van der Waals surface area (Å²) in [7, 11) is 0. The number of nitrogens with zero attached hydrogens (tertiary/aromatic N) is 5. The van der Waals surface area contributed by atoms with Gasteiger partial charge in [-0.2, -0.15) is 0 Å². The fourth-order valence-electron chi connectivity index (χ4n) is 5.82. The molecule has 0 aliphatic heterocycles. The van der Waals surface area contributed by atoms with Gasteiger partial charge in [-0.05, 0) is 54.6 Å². The van der Waals surface area contributed by atoms with Gasteiger partial charge in [0.25, 0.3) is 0 Å². The highest BCUT2D eigenvalue weighted by atomic mass is 16.3. The van der Waals surface area contributed by atoms with E-state index >= 15 is 0 Å². The summed E-state index contributed by atoms with van der Waals surface area (Å²) >= 11 is 0. The van der Waals surface area contributed by atoms with Crippen LogP contribution in [0.25, 0.3) is 72.3 Å². The summed E-state index contributed by atoms with van der Waals surface area (Å²) in [5.74, 6) is 1.56. The van der Waals surface area contributed by atoms with E-state index in [4.69, 9.17) is 14.4 Å². The van der Waals surface area contributed by atoms with Crippen molar-refractivity contribution in [2.45, 2.75) is 0 Å². The van der Waals surface area contributed by atoms with Crippen LogP contribution in [-0.4, -0.2) is 23.3 Å². The van der Waals surface area contributed by atoms with E-state index in [0.29, 0.717) is 0 Å². The van der Waals surface area contributed by atoms with Crippen molar-refractivity contribution in [3.63, 3.8) is 0 Å². The smallest absolute Gasteiger partial charge is 0.223 e. The molecule has 0 atom stereocenters. The third kappa shape index (κ3) is 2.51. The number of fused-ring (bicyclic) bond motifs is 12. The fourth-order valence-corrected chi connectivity index (χ4v) is 5.82. The molecule has 0 radical (unpaired) electrons. The van der Waals surface area contributed by atoms with Gasteiger partial charge in [0.1, 0.15) is 11.2 Å². The van der Waals surface area contributed by atoms with Crippen LogP contribution in [-0.2, 0) is 0 Å². The number of hydrogen-bond acceptors (Lipinski definition) is 3. The molecule has 178 valence electrons. The Labute approximate surface area is 215 Å². The Morgan fingerprint density at radius 1 is 0.474 bits per heavy atom. The molecule has 0 bridgehead atoms. The number of para-hydroxylation sites is 7. The molecule has 9 rings (SSSR count). The SMILES string of the molecule is c1ccc2c(c1)nc1n(-c3ccc4c(c3)oc3ccccc34)c3nc4ccccc4n3c3ccccc3n21. The Kier molecular flexibility index (Phi) is 3.70. The molecule has 5 aromatic carbocycles. The van der Waals surface area contributed by atoms with Gasteiger partial charge in [-0.25, -0.2) is 14.5 Å². The molecule has 0 fully saturated rings. The molecular formula is C32H19N5O. The molecule has 4 aromatic heterocycles. The molecule has 0 saturated carbocycles. The molecule has 0 N–H and O–H groups in total. The standard InChI is InChI=1S/C32H19N5O/c1-8-16-29-21(9-1)22-18-17-20(19-30(22)38-29)35-31-33-23-10-2-4-12-25(23)36(31)27-14-6-7-15-28(27)37-26-13-5-3-11-24(26)34-32(35)37/h1-19H. The van der Waals surface area contributed by atoms with Crippen molar-refractivity contribution >= 4 is 66.6 Å². The number of benzene rings is 5. The monoisotopic (exact) mass is 489 g/mol. The van der Waals surface area contributed by atoms with E-state index < -0.39 is 0 Å². The van der Waals surface area contributed by atoms with E-state index in [2.05, 4.69) is 98.3 Å². The maximum Gasteiger partial charge on any atom is 0.223 e. The molecule has 0 spiro atoms. The van der Waals surface area contributed by atoms with E-state index in [1.165, 1.54) is 0 Å². The minimum absolute atomic E-state index is 0.781. The van der Waals surface area contributed by atoms with Crippen LogP contribution < -0.4 is 0 Å². The lowest BCUT2D eigenvalue weighted by atomic mass is 10.1. The molecule has 4 heterocycles. The van der Waals surface area contributed by atoms with Crippen LogP contribution in [0, 0.1) is 0 Å². The minimum atomic E-state index is 0.781. The predicted octanol–water partition coefficient (Wildman–Crippen LogP) is 7.69. The summed E-state index contributed by atoms with van der Waals surface area (Å²) in [6, 6.07) is 39.5. The molecule has 0 amide bonds. The Balaban J connectivity index is 1.57. The molecule has 6 heteroatoms. The number of hydrogen-bond donors (Lipinski definition) is 0. The molecule has 6 nitrogen and oxygen atoms in total. The largest absolute Gasteiger partial charge is 0.456 e. The lowest BCUT2D eigenvalue weighted by Gasteiger charge is -2.07. The van der Waals surface area contributed by atoms with Gasteiger partial charge in [0.15, 0.2) is 0 Å². The van der Waals surface area contributed by atoms with E-state index in [1.807, 2.05) is 30.3 Å². The molecular weight excluding hydrogens is 470 g/mol. The Hall–Kier alpha value is -5.36. The minimum Gasteiger partial charge on any atom is -0.456 e.